The molecule has 1 aliphatic heterocycles. The monoisotopic (exact) mass is 500 g/mol. The van der Waals surface area contributed by atoms with Crippen LogP contribution in [-0.2, 0) is 14.3 Å². The molecule has 0 radical (unpaired) electrons. The number of ether oxygens (including phenoxy) is 3. The van der Waals surface area contributed by atoms with Crippen molar-refractivity contribution < 1.29 is 28.6 Å². The van der Waals surface area contributed by atoms with Crippen molar-refractivity contribution in [2.24, 2.45) is 5.10 Å². The summed E-state index contributed by atoms with van der Waals surface area (Å²) in [6.45, 7) is 3.20. The molecule has 1 atom stereocenters. The van der Waals surface area contributed by atoms with Gasteiger partial charge in [0.05, 0.1) is 31.5 Å². The number of halogens is 1. The van der Waals surface area contributed by atoms with E-state index in [1.54, 1.807) is 56.3 Å². The quantitative estimate of drug-likeness (QED) is 0.276. The molecular formula is C24H25ClN4O6. The van der Waals surface area contributed by atoms with E-state index in [0.29, 0.717) is 27.8 Å². The van der Waals surface area contributed by atoms with Gasteiger partial charge in [-0.1, -0.05) is 29.8 Å². The van der Waals surface area contributed by atoms with Crippen LogP contribution in [0, 0.1) is 0 Å². The third-order valence-corrected chi connectivity index (χ3v) is 5.17. The number of urea groups is 1. The van der Waals surface area contributed by atoms with Gasteiger partial charge in [0.1, 0.15) is 0 Å². The molecule has 0 unspecified atom stereocenters. The van der Waals surface area contributed by atoms with Crippen molar-refractivity contribution >= 4 is 35.7 Å². The number of esters is 1. The molecule has 0 spiro atoms. The van der Waals surface area contributed by atoms with E-state index in [2.05, 4.69) is 21.2 Å². The molecule has 11 heteroatoms. The van der Waals surface area contributed by atoms with Crippen LogP contribution in [-0.4, -0.2) is 44.4 Å². The van der Waals surface area contributed by atoms with Crippen LogP contribution >= 0.6 is 11.6 Å². The zero-order valence-corrected chi connectivity index (χ0v) is 20.1. The van der Waals surface area contributed by atoms with Crippen molar-refractivity contribution in [3.63, 3.8) is 0 Å². The number of nitrogens with zero attached hydrogens (tertiary/aromatic N) is 1. The first-order valence-electron chi connectivity index (χ1n) is 10.7. The van der Waals surface area contributed by atoms with Crippen molar-refractivity contribution in [3.05, 3.63) is 69.9 Å². The van der Waals surface area contributed by atoms with E-state index in [4.69, 9.17) is 25.8 Å². The fourth-order valence-corrected chi connectivity index (χ4v) is 3.44. The molecule has 10 nitrogen and oxygen atoms in total. The van der Waals surface area contributed by atoms with Crippen molar-refractivity contribution in [2.75, 3.05) is 20.3 Å². The molecule has 3 rings (SSSR count). The number of rotatable bonds is 9. The van der Waals surface area contributed by atoms with Crippen molar-refractivity contribution in [3.8, 4) is 11.5 Å². The number of allylic oxidation sites excluding steroid dienone is 1. The molecule has 184 valence electrons. The zero-order valence-electron chi connectivity index (χ0n) is 19.4. The number of hydrogen-bond donors (Lipinski definition) is 3. The van der Waals surface area contributed by atoms with Gasteiger partial charge in [-0.15, -0.1) is 0 Å². The van der Waals surface area contributed by atoms with Gasteiger partial charge in [-0.3, -0.25) is 4.79 Å². The van der Waals surface area contributed by atoms with E-state index in [9.17, 15) is 14.4 Å². The van der Waals surface area contributed by atoms with Gasteiger partial charge in [0.25, 0.3) is 5.91 Å². The Bertz CT molecular complexity index is 1160. The minimum atomic E-state index is -0.753. The number of carbonyl (C=O) groups is 3. The lowest BCUT2D eigenvalue weighted by atomic mass is 9.95. The molecule has 0 fully saturated rings. The summed E-state index contributed by atoms with van der Waals surface area (Å²) in [5.74, 6) is -0.409. The highest BCUT2D eigenvalue weighted by Gasteiger charge is 2.32. The molecule has 35 heavy (non-hydrogen) atoms. The second-order valence-electron chi connectivity index (χ2n) is 7.33. The summed E-state index contributed by atoms with van der Waals surface area (Å²) in [6, 6.07) is 10.6. The molecule has 1 aliphatic rings. The highest BCUT2D eigenvalue weighted by atomic mass is 35.5. The number of carbonyl (C=O) groups excluding carboxylic acids is 3. The Balaban J connectivity index is 1.69. The van der Waals surface area contributed by atoms with Gasteiger partial charge in [-0.05, 0) is 49.2 Å². The third-order valence-electron chi connectivity index (χ3n) is 4.92. The molecule has 2 aromatic rings. The molecule has 3 amide bonds. The first-order valence-corrected chi connectivity index (χ1v) is 11.0. The maximum absolute atomic E-state index is 12.5. The molecule has 3 N–H and O–H groups in total. The number of hydrogen-bond acceptors (Lipinski definition) is 7. The van der Waals surface area contributed by atoms with Crippen LogP contribution in [0.25, 0.3) is 0 Å². The molecule has 0 aliphatic carbocycles. The van der Waals surface area contributed by atoms with Gasteiger partial charge in [0.15, 0.2) is 18.1 Å². The van der Waals surface area contributed by atoms with Crippen molar-refractivity contribution in [2.45, 2.75) is 19.9 Å². The molecule has 0 aromatic heterocycles. The normalized spacial score (nSPS) is 15.3. The number of hydrazone groups is 1. The first-order chi connectivity index (χ1) is 16.8. The van der Waals surface area contributed by atoms with Crippen LogP contribution in [0.5, 0.6) is 11.5 Å². The largest absolute Gasteiger partial charge is 0.493 e. The van der Waals surface area contributed by atoms with E-state index >= 15 is 0 Å². The Labute approximate surface area is 207 Å². The highest BCUT2D eigenvalue weighted by Crippen LogP contribution is 2.34. The standard InChI is InChI=1S/C24H25ClN4O6/c1-4-34-23(31)21-14(2)27-24(32)28-22(21)16-7-10-18(19(11-16)33-3)35-13-20(30)29-26-12-15-5-8-17(25)9-6-15/h5-12,22H,4,13H2,1-3H3,(H,29,30)(H2,27,28,32)/b26-12-/t22-/m1/s1. The third kappa shape index (κ3) is 6.73. The van der Waals surface area contributed by atoms with E-state index < -0.39 is 23.9 Å². The number of nitrogens with one attached hydrogen (secondary N) is 3. The van der Waals surface area contributed by atoms with Gasteiger partial charge in [-0.2, -0.15) is 5.10 Å². The average Bonchev–Trinajstić information content (AvgIpc) is 2.83. The minimum absolute atomic E-state index is 0.193. The van der Waals surface area contributed by atoms with Crippen LogP contribution in [0.4, 0.5) is 4.79 Å². The summed E-state index contributed by atoms with van der Waals surface area (Å²) in [4.78, 5) is 36.7. The maximum Gasteiger partial charge on any atom is 0.338 e. The topological polar surface area (TPSA) is 127 Å². The molecule has 0 saturated carbocycles. The Morgan fingerprint density at radius 1 is 1.17 bits per heavy atom. The second-order valence-corrected chi connectivity index (χ2v) is 7.77. The SMILES string of the molecule is CCOC(=O)C1=C(C)NC(=O)N[C@@H]1c1ccc(OCC(=O)N/N=C\c2ccc(Cl)cc2)c(OC)c1. The summed E-state index contributed by atoms with van der Waals surface area (Å²) in [5, 5.41) is 9.79. The first kappa shape index (κ1) is 25.6. The summed E-state index contributed by atoms with van der Waals surface area (Å²) < 4.78 is 16.1. The van der Waals surface area contributed by atoms with E-state index in [1.807, 2.05) is 0 Å². The lowest BCUT2D eigenvalue weighted by Crippen LogP contribution is -2.45. The maximum atomic E-state index is 12.5. The number of amides is 3. The Kier molecular flexibility index (Phi) is 8.69. The summed E-state index contributed by atoms with van der Waals surface area (Å²) >= 11 is 5.84. The fraction of sp³-hybridized carbons (Fsp3) is 0.250. The lowest BCUT2D eigenvalue weighted by Gasteiger charge is -2.28. The predicted molar refractivity (Wildman–Crippen MR) is 129 cm³/mol. The summed E-state index contributed by atoms with van der Waals surface area (Å²) in [7, 11) is 1.44. The molecule has 0 saturated heterocycles. The van der Waals surface area contributed by atoms with Crippen LogP contribution in [0.15, 0.2) is 58.8 Å². The smallest absolute Gasteiger partial charge is 0.338 e. The summed E-state index contributed by atoms with van der Waals surface area (Å²) in [6.07, 6.45) is 1.48. The van der Waals surface area contributed by atoms with E-state index in [0.717, 1.165) is 5.56 Å². The Hall–Kier alpha value is -4.05. The predicted octanol–water partition coefficient (Wildman–Crippen LogP) is 3.07. The molecular weight excluding hydrogens is 476 g/mol. The molecule has 0 bridgehead atoms. The van der Waals surface area contributed by atoms with Gasteiger partial charge in [-0.25, -0.2) is 15.0 Å². The van der Waals surface area contributed by atoms with Gasteiger partial charge in [0, 0.05) is 10.7 Å². The van der Waals surface area contributed by atoms with Crippen LogP contribution < -0.4 is 25.5 Å². The van der Waals surface area contributed by atoms with Crippen molar-refractivity contribution in [1.29, 1.82) is 0 Å². The molecule has 2 aromatic carbocycles. The Morgan fingerprint density at radius 2 is 1.91 bits per heavy atom. The number of methoxy groups -OCH3 is 1. The van der Waals surface area contributed by atoms with E-state index in [-0.39, 0.29) is 18.8 Å². The fourth-order valence-electron chi connectivity index (χ4n) is 3.31. The second kappa shape index (κ2) is 11.9. The van der Waals surface area contributed by atoms with Crippen molar-refractivity contribution in [1.82, 2.24) is 16.1 Å². The highest BCUT2D eigenvalue weighted by molar-refractivity contribution is 6.30. The van der Waals surface area contributed by atoms with Gasteiger partial charge < -0.3 is 24.8 Å². The van der Waals surface area contributed by atoms with Gasteiger partial charge in [0.2, 0.25) is 0 Å². The Morgan fingerprint density at radius 3 is 2.60 bits per heavy atom. The van der Waals surface area contributed by atoms with Crippen LogP contribution in [0.1, 0.15) is 31.0 Å². The molecule has 1 heterocycles. The van der Waals surface area contributed by atoms with Crippen LogP contribution in [0.2, 0.25) is 5.02 Å². The average molecular weight is 501 g/mol. The van der Waals surface area contributed by atoms with Gasteiger partial charge >= 0.3 is 12.0 Å². The zero-order chi connectivity index (χ0) is 25.4. The van der Waals surface area contributed by atoms with Crippen LogP contribution in [0.3, 0.4) is 0 Å². The lowest BCUT2D eigenvalue weighted by molar-refractivity contribution is -0.139. The minimum Gasteiger partial charge on any atom is -0.493 e. The number of benzene rings is 2. The van der Waals surface area contributed by atoms with E-state index in [1.165, 1.54) is 13.3 Å². The summed E-state index contributed by atoms with van der Waals surface area (Å²) in [5.41, 5.74) is 4.39.